The summed E-state index contributed by atoms with van der Waals surface area (Å²) in [5.41, 5.74) is 8.33. The van der Waals surface area contributed by atoms with Gasteiger partial charge in [-0.05, 0) is 49.9 Å². The highest BCUT2D eigenvalue weighted by atomic mass is 35.5. The Bertz CT molecular complexity index is 1630. The van der Waals surface area contributed by atoms with E-state index in [1.54, 1.807) is 0 Å². The molecule has 2 aliphatic carbocycles. The number of hydrogen-bond acceptors (Lipinski definition) is 11. The average Bonchev–Trinajstić information content (AvgIpc) is 2.92. The summed E-state index contributed by atoms with van der Waals surface area (Å²) in [5.74, 6) is 1.07. The molecule has 0 saturated heterocycles. The number of carbonyl (C=O) groups is 2. The molecule has 4 aromatic rings. The van der Waals surface area contributed by atoms with Crippen molar-refractivity contribution in [3.63, 3.8) is 0 Å². The van der Waals surface area contributed by atoms with E-state index in [1.807, 2.05) is 36.4 Å². The lowest BCUT2D eigenvalue weighted by Crippen LogP contribution is -2.17. The Morgan fingerprint density at radius 3 is 1.65 bits per heavy atom. The molecule has 0 spiro atoms. The van der Waals surface area contributed by atoms with Crippen LogP contribution in [0.2, 0.25) is 10.3 Å². The average molecular weight is 623 g/mol. The largest absolute Gasteiger partial charge is 0.464 e. The van der Waals surface area contributed by atoms with E-state index in [4.69, 9.17) is 33.7 Å². The maximum absolute atomic E-state index is 11.7. The fourth-order valence-corrected chi connectivity index (χ4v) is 4.83. The molecule has 222 valence electrons. The quantitative estimate of drug-likeness (QED) is 0.198. The van der Waals surface area contributed by atoms with Crippen LogP contribution in [0.3, 0.4) is 0 Å². The molecule has 0 bridgehead atoms. The molecule has 14 heteroatoms. The van der Waals surface area contributed by atoms with Crippen molar-refractivity contribution in [1.29, 1.82) is 0 Å². The smallest absolute Gasteiger partial charge is 0.360 e. The summed E-state index contributed by atoms with van der Waals surface area (Å²) in [4.78, 5) is 32.3. The lowest BCUT2D eigenvalue weighted by Gasteiger charge is -2.25. The fourth-order valence-electron chi connectivity index (χ4n) is 4.54. The molecule has 0 radical (unpaired) electrons. The molecule has 0 aliphatic heterocycles. The van der Waals surface area contributed by atoms with E-state index in [0.717, 1.165) is 11.4 Å². The van der Waals surface area contributed by atoms with E-state index in [0.29, 0.717) is 34.8 Å². The summed E-state index contributed by atoms with van der Waals surface area (Å²) in [6.07, 6.45) is 7.19. The van der Waals surface area contributed by atoms with Crippen molar-refractivity contribution in [2.24, 2.45) is 5.73 Å². The number of anilines is 4. The number of nitrogens with two attached hydrogens (primary N) is 1. The number of amides is 1. The minimum absolute atomic E-state index is 0.0373. The first-order valence-corrected chi connectivity index (χ1v) is 14.5. The van der Waals surface area contributed by atoms with Gasteiger partial charge < -0.3 is 21.1 Å². The summed E-state index contributed by atoms with van der Waals surface area (Å²) >= 11 is 11.7. The van der Waals surface area contributed by atoms with Gasteiger partial charge in [0.05, 0.1) is 18.5 Å². The topological polar surface area (TPSA) is 171 Å². The molecule has 2 aliphatic rings. The molecular formula is C29H29Cl2N9O3. The van der Waals surface area contributed by atoms with Crippen LogP contribution in [0.25, 0.3) is 0 Å². The number of nitrogens with one attached hydrogen (secondary N) is 2. The van der Waals surface area contributed by atoms with Gasteiger partial charge in [-0.3, -0.25) is 4.79 Å². The third-order valence-corrected chi connectivity index (χ3v) is 7.62. The number of halogens is 2. The van der Waals surface area contributed by atoms with Crippen LogP contribution >= 0.6 is 23.2 Å². The Balaban J connectivity index is 0.000000171. The van der Waals surface area contributed by atoms with Gasteiger partial charge in [-0.15, -0.1) is 20.4 Å². The summed E-state index contributed by atoms with van der Waals surface area (Å²) in [7, 11) is 1.29. The normalized spacial score (nSPS) is 14.4. The van der Waals surface area contributed by atoms with E-state index in [1.165, 1.54) is 57.8 Å². The Morgan fingerprint density at radius 1 is 0.767 bits per heavy atom. The molecular weight excluding hydrogens is 593 g/mol. The van der Waals surface area contributed by atoms with E-state index in [-0.39, 0.29) is 21.7 Å². The lowest BCUT2D eigenvalue weighted by molar-refractivity contribution is 0.0594. The number of primary amides is 1. The highest BCUT2D eigenvalue weighted by Gasteiger charge is 2.22. The van der Waals surface area contributed by atoms with Gasteiger partial charge >= 0.3 is 5.97 Å². The van der Waals surface area contributed by atoms with E-state index < -0.39 is 11.9 Å². The van der Waals surface area contributed by atoms with Crippen molar-refractivity contribution >= 4 is 58.1 Å². The van der Waals surface area contributed by atoms with Gasteiger partial charge in [-0.25, -0.2) is 14.8 Å². The molecule has 2 fully saturated rings. The van der Waals surface area contributed by atoms with Gasteiger partial charge in [0.15, 0.2) is 21.7 Å². The highest BCUT2D eigenvalue weighted by molar-refractivity contribution is 6.30. The molecule has 12 nitrogen and oxygen atoms in total. The van der Waals surface area contributed by atoms with Crippen LogP contribution in [0.5, 0.6) is 0 Å². The number of ether oxygens (including phenoxy) is 1. The van der Waals surface area contributed by atoms with E-state index in [9.17, 15) is 9.59 Å². The lowest BCUT2D eigenvalue weighted by atomic mass is 9.83. The predicted octanol–water partition coefficient (Wildman–Crippen LogP) is 5.96. The van der Waals surface area contributed by atoms with Crippen LogP contribution in [-0.4, -0.2) is 49.3 Å². The van der Waals surface area contributed by atoms with Crippen LogP contribution in [-0.2, 0) is 4.74 Å². The van der Waals surface area contributed by atoms with E-state index >= 15 is 0 Å². The van der Waals surface area contributed by atoms with Crippen molar-refractivity contribution in [1.82, 2.24) is 30.4 Å². The van der Waals surface area contributed by atoms with Crippen LogP contribution in [0.4, 0.5) is 23.0 Å². The monoisotopic (exact) mass is 621 g/mol. The van der Waals surface area contributed by atoms with Gasteiger partial charge in [0.1, 0.15) is 11.6 Å². The maximum Gasteiger partial charge on any atom is 0.360 e. The number of nitrogens with zero attached hydrogens (tertiary/aromatic N) is 6. The standard InChI is InChI=1S/C15H15ClN4O2.C14H14ClN5O/c1-22-15(21)14-11(8-12(16)19-20-14)18-13-7-3-6-10(17-13)9-4-2-5-9;15-11-7-10(13(14(16)21)20-19-11)18-12-6-2-5-9(17-12)8-3-1-4-8/h3,6-9H,2,4-5H2,1H3,(H,17,18,19);2,5-8H,1,3-4H2,(H2,16,21)(H,17,18,19). The SMILES string of the molecule is COC(=O)c1nnc(Cl)cc1Nc1cccc(C2CCC2)n1.NC(=O)c1nnc(Cl)cc1Nc1cccc(C2CCC2)n1. The third kappa shape index (κ3) is 7.51. The van der Waals surface area contributed by atoms with Crippen LogP contribution < -0.4 is 16.4 Å². The molecule has 4 N–H and O–H groups in total. The van der Waals surface area contributed by atoms with Crippen molar-refractivity contribution in [3.8, 4) is 0 Å². The van der Waals surface area contributed by atoms with Crippen LogP contribution in [0.15, 0.2) is 48.5 Å². The zero-order valence-electron chi connectivity index (χ0n) is 23.3. The number of aromatic nitrogens is 6. The summed E-state index contributed by atoms with van der Waals surface area (Å²) < 4.78 is 4.70. The van der Waals surface area contributed by atoms with Gasteiger partial charge in [0, 0.05) is 35.4 Å². The first-order valence-electron chi connectivity index (χ1n) is 13.7. The molecule has 0 unspecified atom stereocenters. The number of methoxy groups -OCH3 is 1. The molecule has 4 aromatic heterocycles. The Morgan fingerprint density at radius 2 is 1.23 bits per heavy atom. The van der Waals surface area contributed by atoms with Crippen molar-refractivity contribution in [2.45, 2.75) is 50.4 Å². The maximum atomic E-state index is 11.7. The summed E-state index contributed by atoms with van der Waals surface area (Å²) in [6.45, 7) is 0. The zero-order valence-corrected chi connectivity index (χ0v) is 24.8. The van der Waals surface area contributed by atoms with Gasteiger partial charge in [-0.1, -0.05) is 48.2 Å². The number of rotatable bonds is 8. The fraction of sp³-hybridized carbons (Fsp3) is 0.310. The minimum Gasteiger partial charge on any atom is -0.464 e. The number of carbonyl (C=O) groups excluding carboxylic acids is 2. The molecule has 43 heavy (non-hydrogen) atoms. The number of pyridine rings is 2. The van der Waals surface area contributed by atoms with E-state index in [2.05, 4.69) is 41.0 Å². The second kappa shape index (κ2) is 13.7. The van der Waals surface area contributed by atoms with Crippen molar-refractivity contribution in [3.05, 3.63) is 81.6 Å². The van der Waals surface area contributed by atoms with Gasteiger partial charge in [0.25, 0.3) is 5.91 Å². The molecule has 0 aromatic carbocycles. The summed E-state index contributed by atoms with van der Waals surface area (Å²) in [6, 6.07) is 14.6. The highest BCUT2D eigenvalue weighted by Crippen LogP contribution is 2.36. The molecule has 4 heterocycles. The minimum atomic E-state index is -0.670. The molecule has 2 saturated carbocycles. The second-order valence-electron chi connectivity index (χ2n) is 10.1. The first-order chi connectivity index (χ1) is 20.8. The third-order valence-electron chi connectivity index (χ3n) is 7.25. The Hall–Kier alpha value is -4.42. The molecule has 6 rings (SSSR count). The Kier molecular flexibility index (Phi) is 9.58. The molecule has 0 atom stereocenters. The predicted molar refractivity (Wildman–Crippen MR) is 162 cm³/mol. The zero-order chi connectivity index (χ0) is 30.3. The Labute approximate surface area is 257 Å². The van der Waals surface area contributed by atoms with Crippen LogP contribution in [0.1, 0.15) is 82.7 Å². The van der Waals surface area contributed by atoms with Gasteiger partial charge in [0.2, 0.25) is 0 Å². The first kappa shape index (κ1) is 30.1. The van der Waals surface area contributed by atoms with Gasteiger partial charge in [-0.2, -0.15) is 0 Å². The van der Waals surface area contributed by atoms with Crippen molar-refractivity contribution < 1.29 is 14.3 Å². The molecule has 1 amide bonds. The summed E-state index contributed by atoms with van der Waals surface area (Å²) in [5, 5.41) is 21.3. The second-order valence-corrected chi connectivity index (χ2v) is 10.9. The number of hydrogen-bond donors (Lipinski definition) is 3. The van der Waals surface area contributed by atoms with Crippen molar-refractivity contribution in [2.75, 3.05) is 17.7 Å². The van der Waals surface area contributed by atoms with Crippen LogP contribution in [0, 0.1) is 0 Å². The number of esters is 1.